The molecular formula is C47H31N3S. The zero-order valence-corrected chi connectivity index (χ0v) is 28.7. The molecule has 0 unspecified atom stereocenters. The number of hydrogen-bond acceptors (Lipinski definition) is 3. The van der Waals surface area contributed by atoms with Crippen molar-refractivity contribution in [2.75, 3.05) is 0 Å². The van der Waals surface area contributed by atoms with Crippen molar-refractivity contribution in [3.05, 3.63) is 170 Å². The minimum atomic E-state index is 0.746. The fourth-order valence-electron chi connectivity index (χ4n) is 7.53. The van der Waals surface area contributed by atoms with E-state index in [0.717, 1.165) is 33.9 Å². The quantitative estimate of drug-likeness (QED) is 0.198. The second-order valence-electron chi connectivity index (χ2n) is 13.1. The Morgan fingerprint density at radius 2 is 1.04 bits per heavy atom. The molecule has 0 aliphatic carbocycles. The number of hydrogen-bond donors (Lipinski definition) is 1. The first kappa shape index (κ1) is 29.5. The van der Waals surface area contributed by atoms with E-state index in [1.165, 1.54) is 69.8 Å². The Labute approximate surface area is 299 Å². The van der Waals surface area contributed by atoms with E-state index in [2.05, 4.69) is 169 Å². The molecule has 0 saturated carbocycles. The Balaban J connectivity index is 1.12. The number of nitrogens with zero attached hydrogens (tertiary/aromatic N) is 2. The Hall–Kier alpha value is -6.36. The molecular weight excluding hydrogens is 639 g/mol. The molecule has 4 heteroatoms. The van der Waals surface area contributed by atoms with E-state index in [1.54, 1.807) is 0 Å². The van der Waals surface area contributed by atoms with Crippen molar-refractivity contribution in [1.29, 1.82) is 0 Å². The van der Waals surface area contributed by atoms with E-state index >= 15 is 0 Å². The maximum Gasteiger partial charge on any atom is 0.126 e. The Bertz CT molecular complexity index is 2900. The van der Waals surface area contributed by atoms with Crippen molar-refractivity contribution in [1.82, 2.24) is 15.0 Å². The monoisotopic (exact) mass is 669 g/mol. The van der Waals surface area contributed by atoms with E-state index in [4.69, 9.17) is 9.97 Å². The standard InChI is InChI=1S/C47H31N3S/c1-29-48-42(35-16-10-15-34(27-35)32-21-19-31(20-22-32)30-11-4-2-5-12-30)28-43(49-29)39-24-23-36-37-25-26-41-45(38-17-8-9-18-40(38)50-41)47(37)51-46(36)44(39)33-13-6-3-7-14-33/h2-28,50H,1H3. The predicted molar refractivity (Wildman–Crippen MR) is 216 cm³/mol. The van der Waals surface area contributed by atoms with E-state index < -0.39 is 0 Å². The van der Waals surface area contributed by atoms with Gasteiger partial charge in [-0.05, 0) is 59.0 Å². The number of fused-ring (bicyclic) bond motifs is 7. The highest BCUT2D eigenvalue weighted by molar-refractivity contribution is 7.27. The maximum atomic E-state index is 5.07. The summed E-state index contributed by atoms with van der Waals surface area (Å²) in [6.07, 6.45) is 0. The molecule has 0 aliphatic rings. The third-order valence-electron chi connectivity index (χ3n) is 9.94. The van der Waals surface area contributed by atoms with E-state index in [0.29, 0.717) is 0 Å². The second-order valence-corrected chi connectivity index (χ2v) is 14.1. The van der Waals surface area contributed by atoms with Gasteiger partial charge in [-0.15, -0.1) is 11.3 Å². The van der Waals surface area contributed by atoms with Crippen molar-refractivity contribution in [3.8, 4) is 55.9 Å². The number of benzene rings is 7. The molecule has 0 atom stereocenters. The lowest BCUT2D eigenvalue weighted by molar-refractivity contribution is 1.06. The first-order valence-electron chi connectivity index (χ1n) is 17.2. The number of aromatic nitrogens is 3. The third kappa shape index (κ3) is 5.03. The number of H-pyrrole nitrogens is 1. The zero-order valence-electron chi connectivity index (χ0n) is 27.9. The number of para-hydroxylation sites is 1. The highest BCUT2D eigenvalue weighted by Crippen LogP contribution is 2.47. The SMILES string of the molecule is Cc1nc(-c2cccc(-c3ccc(-c4ccccc4)cc3)c2)cc(-c2ccc3c(sc4c3ccc3[nH]c5ccccc5c34)c2-c2ccccc2)n1. The van der Waals surface area contributed by atoms with Gasteiger partial charge in [0.1, 0.15) is 5.82 Å². The van der Waals surface area contributed by atoms with Crippen LogP contribution in [-0.2, 0) is 0 Å². The summed E-state index contributed by atoms with van der Waals surface area (Å²) >= 11 is 1.88. The summed E-state index contributed by atoms with van der Waals surface area (Å²) < 4.78 is 2.58. The predicted octanol–water partition coefficient (Wildman–Crippen LogP) is 13.1. The maximum absolute atomic E-state index is 5.07. The fourth-order valence-corrected chi connectivity index (χ4v) is 8.96. The highest BCUT2D eigenvalue weighted by atomic mass is 32.1. The van der Waals surface area contributed by atoms with Crippen molar-refractivity contribution in [2.45, 2.75) is 6.92 Å². The summed E-state index contributed by atoms with van der Waals surface area (Å²) in [5.74, 6) is 0.746. The van der Waals surface area contributed by atoms with Gasteiger partial charge in [-0.25, -0.2) is 9.97 Å². The fraction of sp³-hybridized carbons (Fsp3) is 0.0213. The number of nitrogens with one attached hydrogen (secondary N) is 1. The van der Waals surface area contributed by atoms with Crippen LogP contribution in [0.15, 0.2) is 164 Å². The summed E-state index contributed by atoms with van der Waals surface area (Å²) in [5, 5.41) is 5.10. The Kier molecular flexibility index (Phi) is 6.90. The first-order chi connectivity index (χ1) is 25.2. The van der Waals surface area contributed by atoms with Crippen molar-refractivity contribution in [2.24, 2.45) is 0 Å². The Morgan fingerprint density at radius 3 is 1.84 bits per heavy atom. The van der Waals surface area contributed by atoms with E-state index in [-0.39, 0.29) is 0 Å². The molecule has 3 aromatic heterocycles. The molecule has 0 spiro atoms. The van der Waals surface area contributed by atoms with Crippen LogP contribution in [0.3, 0.4) is 0 Å². The molecule has 3 nitrogen and oxygen atoms in total. The average molecular weight is 670 g/mol. The molecule has 0 aliphatic heterocycles. The van der Waals surface area contributed by atoms with Crippen LogP contribution in [0, 0.1) is 6.92 Å². The van der Waals surface area contributed by atoms with Crippen LogP contribution < -0.4 is 0 Å². The van der Waals surface area contributed by atoms with Gasteiger partial charge in [0, 0.05) is 58.7 Å². The molecule has 1 N–H and O–H groups in total. The molecule has 0 radical (unpaired) electrons. The van der Waals surface area contributed by atoms with Crippen LogP contribution >= 0.6 is 11.3 Å². The van der Waals surface area contributed by atoms with Gasteiger partial charge in [-0.2, -0.15) is 0 Å². The van der Waals surface area contributed by atoms with Gasteiger partial charge in [-0.1, -0.05) is 140 Å². The Morgan fingerprint density at radius 1 is 0.431 bits per heavy atom. The molecule has 10 aromatic rings. The van der Waals surface area contributed by atoms with Gasteiger partial charge >= 0.3 is 0 Å². The van der Waals surface area contributed by atoms with Crippen LogP contribution in [0.2, 0.25) is 0 Å². The van der Waals surface area contributed by atoms with E-state index in [1.807, 2.05) is 18.3 Å². The lowest BCUT2D eigenvalue weighted by atomic mass is 9.94. The molecule has 10 rings (SSSR count). The molecule has 7 aromatic carbocycles. The molecule has 51 heavy (non-hydrogen) atoms. The second kappa shape index (κ2) is 11.9. The number of aryl methyl sites for hydroxylation is 1. The summed E-state index contributed by atoms with van der Waals surface area (Å²) in [4.78, 5) is 13.7. The number of thiophene rings is 1. The summed E-state index contributed by atoms with van der Waals surface area (Å²) in [6.45, 7) is 1.99. The van der Waals surface area contributed by atoms with Crippen molar-refractivity contribution >= 4 is 53.3 Å². The van der Waals surface area contributed by atoms with Crippen LogP contribution in [-0.4, -0.2) is 15.0 Å². The van der Waals surface area contributed by atoms with Crippen LogP contribution in [0.4, 0.5) is 0 Å². The van der Waals surface area contributed by atoms with Crippen LogP contribution in [0.1, 0.15) is 5.82 Å². The van der Waals surface area contributed by atoms with Gasteiger partial charge < -0.3 is 4.98 Å². The largest absolute Gasteiger partial charge is 0.354 e. The highest BCUT2D eigenvalue weighted by Gasteiger charge is 2.20. The van der Waals surface area contributed by atoms with Gasteiger partial charge in [0.2, 0.25) is 0 Å². The van der Waals surface area contributed by atoms with Gasteiger partial charge in [0.05, 0.1) is 11.4 Å². The summed E-state index contributed by atoms with van der Waals surface area (Å²) in [5.41, 5.74) is 13.5. The lowest BCUT2D eigenvalue weighted by Crippen LogP contribution is -1.96. The van der Waals surface area contributed by atoms with Crippen LogP contribution in [0.25, 0.3) is 97.9 Å². The topological polar surface area (TPSA) is 41.6 Å². The number of aromatic amines is 1. The van der Waals surface area contributed by atoms with Gasteiger partial charge in [0.15, 0.2) is 0 Å². The minimum Gasteiger partial charge on any atom is -0.354 e. The lowest BCUT2D eigenvalue weighted by Gasteiger charge is -2.13. The number of rotatable bonds is 5. The molecule has 0 saturated heterocycles. The molecule has 3 heterocycles. The molecule has 240 valence electrons. The smallest absolute Gasteiger partial charge is 0.126 e. The van der Waals surface area contributed by atoms with Crippen molar-refractivity contribution < 1.29 is 0 Å². The van der Waals surface area contributed by atoms with Crippen LogP contribution in [0.5, 0.6) is 0 Å². The first-order valence-corrected chi connectivity index (χ1v) is 18.1. The van der Waals surface area contributed by atoms with Gasteiger partial charge in [0.25, 0.3) is 0 Å². The van der Waals surface area contributed by atoms with Crippen molar-refractivity contribution in [3.63, 3.8) is 0 Å². The molecule has 0 fully saturated rings. The average Bonchev–Trinajstić information content (AvgIpc) is 3.76. The summed E-state index contributed by atoms with van der Waals surface area (Å²) in [6, 6.07) is 58.5. The minimum absolute atomic E-state index is 0.746. The third-order valence-corrected chi connectivity index (χ3v) is 11.2. The van der Waals surface area contributed by atoms with E-state index in [9.17, 15) is 0 Å². The normalized spacial score (nSPS) is 11.6. The zero-order chi connectivity index (χ0) is 33.9. The molecule has 0 amide bonds. The van der Waals surface area contributed by atoms with Gasteiger partial charge in [-0.3, -0.25) is 0 Å². The summed E-state index contributed by atoms with van der Waals surface area (Å²) in [7, 11) is 0. The molecule has 0 bridgehead atoms.